The fourth-order valence-electron chi connectivity index (χ4n) is 1.34. The van der Waals surface area contributed by atoms with Gasteiger partial charge < -0.3 is 10.4 Å². The minimum absolute atomic E-state index is 0.132. The number of carbonyl (C=O) groups is 2. The largest absolute Gasteiger partial charge is 0.481 e. The smallest absolute Gasteiger partial charge is 0.303 e. The van der Waals surface area contributed by atoms with Crippen LogP contribution in [0.25, 0.3) is 0 Å². The number of aryl methyl sites for hydroxylation is 1. The zero-order valence-corrected chi connectivity index (χ0v) is 10.7. The Hall–Kier alpha value is -1.43. The van der Waals surface area contributed by atoms with Crippen molar-refractivity contribution in [1.29, 1.82) is 0 Å². The molecule has 0 aliphatic rings. The first-order valence-electron chi connectivity index (χ1n) is 5.40. The third-order valence-electron chi connectivity index (χ3n) is 2.41. The van der Waals surface area contributed by atoms with Gasteiger partial charge in [0, 0.05) is 13.0 Å². The van der Waals surface area contributed by atoms with Crippen LogP contribution in [0.2, 0.25) is 0 Å². The molecule has 94 valence electrons. The third kappa shape index (κ3) is 4.52. The molecule has 17 heavy (non-hydrogen) atoms. The zero-order chi connectivity index (χ0) is 12.8. The molecule has 5 nitrogen and oxygen atoms in total. The number of carbonyl (C=O) groups excluding carboxylic acids is 1. The van der Waals surface area contributed by atoms with E-state index in [4.69, 9.17) is 5.11 Å². The van der Waals surface area contributed by atoms with E-state index in [1.807, 2.05) is 6.92 Å². The summed E-state index contributed by atoms with van der Waals surface area (Å²) in [6.07, 6.45) is 0.702. The number of carboxylic acids is 1. The lowest BCUT2D eigenvalue weighted by atomic mass is 10.1. The van der Waals surface area contributed by atoms with Gasteiger partial charge in [0.05, 0.1) is 11.2 Å². The highest BCUT2D eigenvalue weighted by Crippen LogP contribution is 2.12. The number of rotatable bonds is 6. The molecule has 1 unspecified atom stereocenters. The van der Waals surface area contributed by atoms with E-state index < -0.39 is 5.97 Å². The van der Waals surface area contributed by atoms with Crippen LogP contribution in [-0.4, -0.2) is 28.5 Å². The van der Waals surface area contributed by atoms with Gasteiger partial charge in [-0.25, -0.2) is 4.98 Å². The van der Waals surface area contributed by atoms with Crippen LogP contribution in [0.15, 0.2) is 5.51 Å². The lowest BCUT2D eigenvalue weighted by Gasteiger charge is -2.10. The van der Waals surface area contributed by atoms with E-state index in [1.54, 1.807) is 12.4 Å². The average Bonchev–Trinajstić information content (AvgIpc) is 2.69. The second-order valence-corrected chi connectivity index (χ2v) is 4.87. The molecule has 1 amide bonds. The van der Waals surface area contributed by atoms with Crippen LogP contribution in [0.5, 0.6) is 0 Å². The molecule has 0 aromatic carbocycles. The van der Waals surface area contributed by atoms with Gasteiger partial charge >= 0.3 is 5.97 Å². The van der Waals surface area contributed by atoms with Gasteiger partial charge in [0.1, 0.15) is 4.88 Å². The zero-order valence-electron chi connectivity index (χ0n) is 9.90. The molecule has 0 aliphatic heterocycles. The summed E-state index contributed by atoms with van der Waals surface area (Å²) in [5, 5.41) is 11.3. The van der Waals surface area contributed by atoms with Gasteiger partial charge in [0.25, 0.3) is 5.91 Å². The highest BCUT2D eigenvalue weighted by molar-refractivity contribution is 7.11. The van der Waals surface area contributed by atoms with E-state index in [2.05, 4.69) is 10.3 Å². The first-order chi connectivity index (χ1) is 8.00. The molecule has 1 atom stereocenters. The Morgan fingerprint density at radius 1 is 1.59 bits per heavy atom. The lowest BCUT2D eigenvalue weighted by molar-refractivity contribution is -0.137. The Balaban J connectivity index is 2.33. The van der Waals surface area contributed by atoms with E-state index in [0.717, 1.165) is 5.69 Å². The average molecular weight is 256 g/mol. The molecule has 1 heterocycles. The summed E-state index contributed by atoms with van der Waals surface area (Å²) in [6, 6.07) is 0. The van der Waals surface area contributed by atoms with Crippen molar-refractivity contribution < 1.29 is 14.7 Å². The number of carboxylic acid groups (broad SMARTS) is 1. The van der Waals surface area contributed by atoms with Gasteiger partial charge in [-0.2, -0.15) is 0 Å². The highest BCUT2D eigenvalue weighted by atomic mass is 32.1. The molecule has 0 saturated carbocycles. The summed E-state index contributed by atoms with van der Waals surface area (Å²) in [7, 11) is 0. The molecule has 0 bridgehead atoms. The fraction of sp³-hybridized carbons (Fsp3) is 0.545. The van der Waals surface area contributed by atoms with E-state index >= 15 is 0 Å². The van der Waals surface area contributed by atoms with E-state index in [9.17, 15) is 9.59 Å². The molecule has 0 saturated heterocycles. The van der Waals surface area contributed by atoms with Crippen LogP contribution in [0, 0.1) is 12.8 Å². The van der Waals surface area contributed by atoms with Crippen molar-refractivity contribution in [1.82, 2.24) is 10.3 Å². The lowest BCUT2D eigenvalue weighted by Crippen LogP contribution is -2.28. The predicted molar refractivity (Wildman–Crippen MR) is 65.2 cm³/mol. The van der Waals surface area contributed by atoms with Crippen LogP contribution in [0.3, 0.4) is 0 Å². The van der Waals surface area contributed by atoms with Gasteiger partial charge in [-0.3, -0.25) is 9.59 Å². The van der Waals surface area contributed by atoms with Crippen molar-refractivity contribution in [2.24, 2.45) is 5.92 Å². The topological polar surface area (TPSA) is 79.3 Å². The van der Waals surface area contributed by atoms with Crippen LogP contribution in [0.1, 0.15) is 35.1 Å². The molecule has 1 aromatic rings. The first-order valence-corrected chi connectivity index (χ1v) is 6.28. The molecule has 0 aliphatic carbocycles. The van der Waals surface area contributed by atoms with E-state index in [-0.39, 0.29) is 18.2 Å². The summed E-state index contributed by atoms with van der Waals surface area (Å²) in [4.78, 5) is 26.7. The van der Waals surface area contributed by atoms with Crippen LogP contribution in [0.4, 0.5) is 0 Å². The fourth-order valence-corrected chi connectivity index (χ4v) is 2.06. The molecule has 0 spiro atoms. The van der Waals surface area contributed by atoms with Gasteiger partial charge in [0.2, 0.25) is 0 Å². The Morgan fingerprint density at radius 2 is 2.29 bits per heavy atom. The van der Waals surface area contributed by atoms with Crippen molar-refractivity contribution in [3.8, 4) is 0 Å². The Kier molecular flexibility index (Phi) is 5.09. The van der Waals surface area contributed by atoms with Crippen LogP contribution < -0.4 is 5.32 Å². The summed E-state index contributed by atoms with van der Waals surface area (Å²) in [6.45, 7) is 4.20. The molecular weight excluding hydrogens is 240 g/mol. The number of amides is 1. The van der Waals surface area contributed by atoms with Gasteiger partial charge in [0.15, 0.2) is 0 Å². The number of nitrogens with zero attached hydrogens (tertiary/aromatic N) is 1. The van der Waals surface area contributed by atoms with Crippen LogP contribution >= 0.6 is 11.3 Å². The van der Waals surface area contributed by atoms with Gasteiger partial charge in [-0.15, -0.1) is 11.3 Å². The molecular formula is C11H16N2O3S. The standard InChI is InChI=1S/C11H16N2O3S/c1-7(3-4-9(14)15)5-12-11(16)10-8(2)13-6-17-10/h6-7H,3-5H2,1-2H3,(H,12,16)(H,14,15). The van der Waals surface area contributed by atoms with Crippen LogP contribution in [-0.2, 0) is 4.79 Å². The predicted octanol–water partition coefficient (Wildman–Crippen LogP) is 1.68. The van der Waals surface area contributed by atoms with Crippen molar-refractivity contribution in [3.63, 3.8) is 0 Å². The maximum absolute atomic E-state index is 11.7. The Labute approximate surface area is 104 Å². The second kappa shape index (κ2) is 6.34. The molecule has 1 aromatic heterocycles. The van der Waals surface area contributed by atoms with Crippen molar-refractivity contribution in [2.75, 3.05) is 6.54 Å². The number of aromatic nitrogens is 1. The van der Waals surface area contributed by atoms with Gasteiger partial charge in [-0.1, -0.05) is 6.92 Å². The molecule has 0 radical (unpaired) electrons. The molecule has 0 fully saturated rings. The minimum Gasteiger partial charge on any atom is -0.481 e. The van der Waals surface area contributed by atoms with E-state index in [0.29, 0.717) is 17.8 Å². The summed E-state index contributed by atoms with van der Waals surface area (Å²) in [5.41, 5.74) is 2.36. The molecule has 2 N–H and O–H groups in total. The summed E-state index contributed by atoms with van der Waals surface area (Å²) >= 11 is 1.31. The number of aliphatic carboxylic acids is 1. The first kappa shape index (κ1) is 13.6. The SMILES string of the molecule is Cc1ncsc1C(=O)NCC(C)CCC(=O)O. The highest BCUT2D eigenvalue weighted by Gasteiger charge is 2.12. The molecule has 1 rings (SSSR count). The van der Waals surface area contributed by atoms with Crippen molar-refractivity contribution >= 4 is 23.2 Å². The number of hydrogen-bond acceptors (Lipinski definition) is 4. The Morgan fingerprint density at radius 3 is 2.82 bits per heavy atom. The number of thiazole rings is 1. The maximum atomic E-state index is 11.7. The van der Waals surface area contributed by atoms with Crippen molar-refractivity contribution in [3.05, 3.63) is 16.1 Å². The second-order valence-electron chi connectivity index (χ2n) is 4.01. The minimum atomic E-state index is -0.804. The van der Waals surface area contributed by atoms with E-state index in [1.165, 1.54) is 11.3 Å². The monoisotopic (exact) mass is 256 g/mol. The Bertz CT molecular complexity index is 403. The number of nitrogens with one attached hydrogen (secondary N) is 1. The third-order valence-corrected chi connectivity index (χ3v) is 3.34. The van der Waals surface area contributed by atoms with Gasteiger partial charge in [-0.05, 0) is 19.3 Å². The summed E-state index contributed by atoms with van der Waals surface area (Å²) in [5.74, 6) is -0.781. The maximum Gasteiger partial charge on any atom is 0.303 e. The summed E-state index contributed by atoms with van der Waals surface area (Å²) < 4.78 is 0. The number of hydrogen-bond donors (Lipinski definition) is 2. The quantitative estimate of drug-likeness (QED) is 0.811. The van der Waals surface area contributed by atoms with Crippen molar-refractivity contribution in [2.45, 2.75) is 26.7 Å². The molecule has 6 heteroatoms. The normalized spacial score (nSPS) is 12.1.